The quantitative estimate of drug-likeness (QED) is 0.851. The van der Waals surface area contributed by atoms with E-state index in [-0.39, 0.29) is 13.2 Å². The number of benzene rings is 1. The van der Waals surface area contributed by atoms with Gasteiger partial charge in [-0.3, -0.25) is 0 Å². The molecular formula is C11H12ClNO3. The van der Waals surface area contributed by atoms with Gasteiger partial charge in [-0.05, 0) is 12.1 Å². The third-order valence-electron chi connectivity index (χ3n) is 1.85. The summed E-state index contributed by atoms with van der Waals surface area (Å²) in [6, 6.07) is 6.70. The molecule has 1 N–H and O–H groups in total. The lowest BCUT2D eigenvalue weighted by Gasteiger charge is -2.12. The van der Waals surface area contributed by atoms with Crippen LogP contribution in [-0.2, 0) is 4.74 Å². The van der Waals surface area contributed by atoms with Crippen LogP contribution in [0.1, 0.15) is 5.56 Å². The Morgan fingerprint density at radius 1 is 1.50 bits per heavy atom. The van der Waals surface area contributed by atoms with Crippen LogP contribution in [0.2, 0.25) is 5.02 Å². The van der Waals surface area contributed by atoms with E-state index >= 15 is 0 Å². The van der Waals surface area contributed by atoms with Crippen LogP contribution in [0.4, 0.5) is 0 Å². The van der Waals surface area contributed by atoms with Crippen LogP contribution < -0.4 is 4.74 Å². The van der Waals surface area contributed by atoms with Gasteiger partial charge in [0.25, 0.3) is 0 Å². The Bertz CT molecular complexity index is 389. The zero-order valence-electron chi connectivity index (χ0n) is 8.81. The Balaban J connectivity index is 2.66. The molecule has 0 saturated carbocycles. The van der Waals surface area contributed by atoms with Gasteiger partial charge in [-0.15, -0.1) is 0 Å². The van der Waals surface area contributed by atoms with E-state index in [0.29, 0.717) is 16.3 Å². The molecule has 1 aromatic rings. The van der Waals surface area contributed by atoms with Crippen molar-refractivity contribution in [1.29, 1.82) is 5.26 Å². The number of nitriles is 1. The predicted molar refractivity (Wildman–Crippen MR) is 59.5 cm³/mol. The minimum Gasteiger partial charge on any atom is -0.489 e. The van der Waals surface area contributed by atoms with Gasteiger partial charge in [-0.2, -0.15) is 5.26 Å². The average Bonchev–Trinajstić information content (AvgIpc) is 2.27. The van der Waals surface area contributed by atoms with Crippen molar-refractivity contribution in [3.8, 4) is 11.8 Å². The lowest BCUT2D eigenvalue weighted by Crippen LogP contribution is -2.22. The zero-order valence-corrected chi connectivity index (χ0v) is 9.57. The van der Waals surface area contributed by atoms with Crippen LogP contribution in [0, 0.1) is 11.3 Å². The van der Waals surface area contributed by atoms with E-state index in [1.165, 1.54) is 7.11 Å². The topological polar surface area (TPSA) is 62.5 Å². The third-order valence-corrected chi connectivity index (χ3v) is 2.09. The van der Waals surface area contributed by atoms with Crippen molar-refractivity contribution in [2.45, 2.75) is 6.10 Å². The molecule has 16 heavy (non-hydrogen) atoms. The molecule has 0 aliphatic carbocycles. The number of aliphatic hydroxyl groups excluding tert-OH is 1. The van der Waals surface area contributed by atoms with Crippen molar-refractivity contribution in [3.63, 3.8) is 0 Å². The summed E-state index contributed by atoms with van der Waals surface area (Å²) >= 11 is 5.77. The van der Waals surface area contributed by atoms with Crippen LogP contribution >= 0.6 is 11.6 Å². The van der Waals surface area contributed by atoms with Gasteiger partial charge < -0.3 is 14.6 Å². The molecule has 86 valence electrons. The molecule has 0 bridgehead atoms. The first kappa shape index (κ1) is 12.8. The van der Waals surface area contributed by atoms with E-state index in [0.717, 1.165) is 0 Å². The molecule has 0 radical (unpaired) electrons. The number of nitrogens with zero attached hydrogens (tertiary/aromatic N) is 1. The smallest absolute Gasteiger partial charge is 0.138 e. The Hall–Kier alpha value is -1.28. The first-order valence-electron chi connectivity index (χ1n) is 4.67. The van der Waals surface area contributed by atoms with E-state index in [9.17, 15) is 5.11 Å². The normalized spacial score (nSPS) is 11.9. The van der Waals surface area contributed by atoms with Crippen LogP contribution in [0.15, 0.2) is 18.2 Å². The van der Waals surface area contributed by atoms with Crippen molar-refractivity contribution < 1.29 is 14.6 Å². The Morgan fingerprint density at radius 3 is 2.88 bits per heavy atom. The summed E-state index contributed by atoms with van der Waals surface area (Å²) in [5.74, 6) is 0.366. The van der Waals surface area contributed by atoms with E-state index in [4.69, 9.17) is 26.3 Å². The molecule has 0 amide bonds. The molecule has 0 aliphatic heterocycles. The fourth-order valence-corrected chi connectivity index (χ4v) is 1.30. The minimum atomic E-state index is -0.726. The molecule has 0 saturated heterocycles. The summed E-state index contributed by atoms with van der Waals surface area (Å²) in [5, 5.41) is 18.7. The predicted octanol–water partition coefficient (Wildman–Crippen LogP) is 1.60. The number of hydrogen-bond donors (Lipinski definition) is 1. The van der Waals surface area contributed by atoms with E-state index in [2.05, 4.69) is 0 Å². The number of ether oxygens (including phenoxy) is 2. The van der Waals surface area contributed by atoms with Gasteiger partial charge in [0.05, 0.1) is 12.2 Å². The number of aliphatic hydroxyl groups is 1. The maximum Gasteiger partial charge on any atom is 0.138 e. The zero-order chi connectivity index (χ0) is 12.0. The van der Waals surface area contributed by atoms with Gasteiger partial charge in [0, 0.05) is 18.2 Å². The standard InChI is InChI=1S/C11H12ClNO3/c1-15-6-10(14)7-16-11-4-9(12)3-2-8(11)5-13/h2-4,10,14H,6-7H2,1H3. The van der Waals surface area contributed by atoms with Gasteiger partial charge in [-0.25, -0.2) is 0 Å². The van der Waals surface area contributed by atoms with Gasteiger partial charge in [0.15, 0.2) is 0 Å². The highest BCUT2D eigenvalue weighted by Crippen LogP contribution is 2.22. The SMILES string of the molecule is COCC(O)COc1cc(Cl)ccc1C#N. The maximum absolute atomic E-state index is 9.38. The molecule has 0 fully saturated rings. The van der Waals surface area contributed by atoms with E-state index in [1.807, 2.05) is 6.07 Å². The Kier molecular flexibility index (Phi) is 5.06. The van der Waals surface area contributed by atoms with Crippen molar-refractivity contribution in [1.82, 2.24) is 0 Å². The molecule has 4 nitrogen and oxygen atoms in total. The van der Waals surface area contributed by atoms with Crippen molar-refractivity contribution in [3.05, 3.63) is 28.8 Å². The van der Waals surface area contributed by atoms with Crippen LogP contribution in [0.3, 0.4) is 0 Å². The van der Waals surface area contributed by atoms with E-state index < -0.39 is 6.10 Å². The summed E-state index contributed by atoms with van der Waals surface area (Å²) in [4.78, 5) is 0. The molecule has 0 aromatic heterocycles. The first-order chi connectivity index (χ1) is 7.67. The summed E-state index contributed by atoms with van der Waals surface area (Å²) in [6.07, 6.45) is -0.726. The number of methoxy groups -OCH3 is 1. The molecule has 0 spiro atoms. The minimum absolute atomic E-state index is 0.0584. The van der Waals surface area contributed by atoms with Crippen LogP contribution in [0.25, 0.3) is 0 Å². The summed E-state index contributed by atoms with van der Waals surface area (Å²) in [6.45, 7) is 0.241. The second kappa shape index (κ2) is 6.33. The molecule has 1 unspecified atom stereocenters. The fraction of sp³-hybridized carbons (Fsp3) is 0.364. The second-order valence-corrected chi connectivity index (χ2v) is 3.61. The molecular weight excluding hydrogens is 230 g/mol. The maximum atomic E-state index is 9.38. The van der Waals surface area contributed by atoms with Gasteiger partial charge >= 0.3 is 0 Å². The van der Waals surface area contributed by atoms with Gasteiger partial charge in [-0.1, -0.05) is 11.6 Å². The summed E-state index contributed by atoms with van der Waals surface area (Å²) in [7, 11) is 1.49. The van der Waals surface area contributed by atoms with Crippen LogP contribution in [-0.4, -0.2) is 31.5 Å². The molecule has 1 atom stereocenters. The van der Waals surface area contributed by atoms with Crippen molar-refractivity contribution in [2.75, 3.05) is 20.3 Å². The molecule has 0 aliphatic rings. The number of rotatable bonds is 5. The largest absolute Gasteiger partial charge is 0.489 e. The van der Waals surface area contributed by atoms with Crippen molar-refractivity contribution in [2.24, 2.45) is 0 Å². The van der Waals surface area contributed by atoms with Gasteiger partial charge in [0.1, 0.15) is 24.5 Å². The molecule has 5 heteroatoms. The monoisotopic (exact) mass is 241 g/mol. The average molecular weight is 242 g/mol. The summed E-state index contributed by atoms with van der Waals surface area (Å²) < 4.78 is 10.0. The van der Waals surface area contributed by atoms with Crippen molar-refractivity contribution >= 4 is 11.6 Å². The Labute approximate surface area is 99.0 Å². The lowest BCUT2D eigenvalue weighted by molar-refractivity contribution is 0.0325. The third kappa shape index (κ3) is 3.70. The van der Waals surface area contributed by atoms with Gasteiger partial charge in [0.2, 0.25) is 0 Å². The molecule has 0 heterocycles. The number of halogens is 1. The molecule has 1 aromatic carbocycles. The Morgan fingerprint density at radius 2 is 2.25 bits per heavy atom. The number of hydrogen-bond acceptors (Lipinski definition) is 4. The highest BCUT2D eigenvalue weighted by molar-refractivity contribution is 6.30. The fourth-order valence-electron chi connectivity index (χ4n) is 1.13. The van der Waals surface area contributed by atoms with Crippen LogP contribution in [0.5, 0.6) is 5.75 Å². The first-order valence-corrected chi connectivity index (χ1v) is 5.04. The highest BCUT2D eigenvalue weighted by atomic mass is 35.5. The lowest BCUT2D eigenvalue weighted by atomic mass is 10.2. The highest BCUT2D eigenvalue weighted by Gasteiger charge is 2.08. The second-order valence-electron chi connectivity index (χ2n) is 3.17. The molecule has 1 rings (SSSR count). The summed E-state index contributed by atoms with van der Waals surface area (Å²) in [5.41, 5.74) is 0.383. The van der Waals surface area contributed by atoms with E-state index in [1.54, 1.807) is 18.2 Å².